The molecule has 1 heterocycles. The molecule has 0 spiro atoms. The fraction of sp³-hybridized carbons (Fsp3) is 0.421. The van der Waals surface area contributed by atoms with E-state index in [0.717, 1.165) is 31.2 Å². The molecule has 0 saturated heterocycles. The lowest BCUT2D eigenvalue weighted by Gasteiger charge is -2.38. The molecule has 5 heteroatoms. The van der Waals surface area contributed by atoms with E-state index in [9.17, 15) is 9.18 Å². The summed E-state index contributed by atoms with van der Waals surface area (Å²) in [4.78, 5) is 12.4. The maximum atomic E-state index is 13.3. The zero-order chi connectivity index (χ0) is 17.0. The van der Waals surface area contributed by atoms with Gasteiger partial charge in [-0.2, -0.15) is 0 Å². The highest BCUT2D eigenvalue weighted by Gasteiger charge is 2.34. The number of rotatable bonds is 5. The highest BCUT2D eigenvalue weighted by molar-refractivity contribution is 5.94. The first-order valence-electron chi connectivity index (χ1n) is 8.45. The maximum absolute atomic E-state index is 13.3. The lowest BCUT2D eigenvalue weighted by Crippen LogP contribution is -2.42. The first-order valence-corrected chi connectivity index (χ1v) is 8.45. The molecule has 1 amide bonds. The lowest BCUT2D eigenvalue weighted by molar-refractivity contribution is 0.0936. The number of furan rings is 1. The molecule has 3 N–H and O–H groups in total. The fourth-order valence-electron chi connectivity index (χ4n) is 3.56. The third kappa shape index (κ3) is 3.51. The summed E-state index contributed by atoms with van der Waals surface area (Å²) in [6.07, 6.45) is 6.88. The van der Waals surface area contributed by atoms with Crippen LogP contribution in [0.3, 0.4) is 0 Å². The van der Waals surface area contributed by atoms with Crippen LogP contribution in [0.4, 0.5) is 4.39 Å². The Hall–Kier alpha value is -2.14. The van der Waals surface area contributed by atoms with Gasteiger partial charge >= 0.3 is 0 Å². The number of hydrogen-bond donors (Lipinski definition) is 2. The Morgan fingerprint density at radius 1 is 1.21 bits per heavy atom. The van der Waals surface area contributed by atoms with Crippen LogP contribution in [0.5, 0.6) is 0 Å². The largest absolute Gasteiger partial charge is 0.467 e. The molecular formula is C19H23FN2O2. The van der Waals surface area contributed by atoms with Gasteiger partial charge in [0.15, 0.2) is 0 Å². The number of halogens is 1. The molecule has 0 atom stereocenters. The molecule has 1 saturated carbocycles. The number of carbonyl (C=O) groups is 1. The summed E-state index contributed by atoms with van der Waals surface area (Å²) in [5.41, 5.74) is 6.97. The average molecular weight is 330 g/mol. The molecule has 4 nitrogen and oxygen atoms in total. The predicted molar refractivity (Wildman–Crippen MR) is 90.1 cm³/mol. The number of benzene rings is 1. The zero-order valence-electron chi connectivity index (χ0n) is 13.7. The van der Waals surface area contributed by atoms with Crippen LogP contribution in [-0.4, -0.2) is 12.5 Å². The molecule has 0 bridgehead atoms. The Labute approximate surface area is 141 Å². The number of nitrogens with one attached hydrogen (secondary N) is 1. The van der Waals surface area contributed by atoms with Crippen molar-refractivity contribution >= 4 is 5.91 Å². The standard InChI is InChI=1S/C19H23FN2O2/c20-16-6-4-15(5-7-16)19(8-2-1-3-9-19)13-22-18(23)14-10-17(11-21)24-12-14/h4-7,10,12H,1-3,8-9,11,13,21H2,(H,22,23). The van der Waals surface area contributed by atoms with Crippen molar-refractivity contribution in [1.29, 1.82) is 0 Å². The molecule has 1 aromatic carbocycles. The second kappa shape index (κ2) is 7.18. The molecule has 0 radical (unpaired) electrons. The van der Waals surface area contributed by atoms with Crippen molar-refractivity contribution in [2.24, 2.45) is 5.73 Å². The van der Waals surface area contributed by atoms with Crippen molar-refractivity contribution in [3.63, 3.8) is 0 Å². The Kier molecular flexibility index (Phi) is 5.00. The van der Waals surface area contributed by atoms with Crippen LogP contribution in [0.15, 0.2) is 41.0 Å². The van der Waals surface area contributed by atoms with Gasteiger partial charge in [0.25, 0.3) is 5.91 Å². The van der Waals surface area contributed by atoms with Crippen LogP contribution in [0.25, 0.3) is 0 Å². The molecule has 0 unspecified atom stereocenters. The molecule has 3 rings (SSSR count). The number of hydrogen-bond acceptors (Lipinski definition) is 3. The minimum absolute atomic E-state index is 0.123. The fourth-order valence-corrected chi connectivity index (χ4v) is 3.56. The Bertz CT molecular complexity index is 688. The highest BCUT2D eigenvalue weighted by Crippen LogP contribution is 2.39. The summed E-state index contributed by atoms with van der Waals surface area (Å²) in [6.45, 7) is 0.813. The van der Waals surface area contributed by atoms with Crippen molar-refractivity contribution in [2.45, 2.75) is 44.1 Å². The monoisotopic (exact) mass is 330 g/mol. The molecule has 2 aromatic rings. The van der Waals surface area contributed by atoms with Crippen molar-refractivity contribution < 1.29 is 13.6 Å². The summed E-state index contributed by atoms with van der Waals surface area (Å²) in [7, 11) is 0. The molecule has 1 aliphatic carbocycles. The van der Waals surface area contributed by atoms with Crippen LogP contribution in [0.2, 0.25) is 0 Å². The normalized spacial score (nSPS) is 16.8. The minimum Gasteiger partial charge on any atom is -0.467 e. The van der Waals surface area contributed by atoms with Gasteiger partial charge in [0.2, 0.25) is 0 Å². The van der Waals surface area contributed by atoms with Gasteiger partial charge in [-0.05, 0) is 36.6 Å². The zero-order valence-corrected chi connectivity index (χ0v) is 13.7. The van der Waals surface area contributed by atoms with Crippen molar-refractivity contribution in [1.82, 2.24) is 5.32 Å². The number of nitrogens with two attached hydrogens (primary N) is 1. The van der Waals surface area contributed by atoms with Gasteiger partial charge in [-0.1, -0.05) is 31.4 Å². The lowest BCUT2D eigenvalue weighted by atomic mass is 9.69. The van der Waals surface area contributed by atoms with Gasteiger partial charge in [-0.3, -0.25) is 4.79 Å². The van der Waals surface area contributed by atoms with E-state index >= 15 is 0 Å². The molecular weight excluding hydrogens is 307 g/mol. The van der Waals surface area contributed by atoms with Crippen molar-refractivity contribution in [3.8, 4) is 0 Å². The third-order valence-corrected chi connectivity index (χ3v) is 4.97. The number of amides is 1. The first kappa shape index (κ1) is 16.7. The second-order valence-corrected chi connectivity index (χ2v) is 6.54. The van der Waals surface area contributed by atoms with E-state index in [2.05, 4.69) is 5.32 Å². The molecule has 24 heavy (non-hydrogen) atoms. The number of carbonyl (C=O) groups excluding carboxylic acids is 1. The van der Waals surface area contributed by atoms with Crippen molar-refractivity contribution in [2.75, 3.05) is 6.54 Å². The average Bonchev–Trinajstić information content (AvgIpc) is 3.10. The van der Waals surface area contributed by atoms with E-state index in [1.165, 1.54) is 24.8 Å². The summed E-state index contributed by atoms with van der Waals surface area (Å²) >= 11 is 0. The van der Waals surface area contributed by atoms with E-state index < -0.39 is 0 Å². The topological polar surface area (TPSA) is 68.3 Å². The van der Waals surface area contributed by atoms with Gasteiger partial charge in [0.1, 0.15) is 17.8 Å². The highest BCUT2D eigenvalue weighted by atomic mass is 19.1. The molecule has 128 valence electrons. The summed E-state index contributed by atoms with van der Waals surface area (Å²) < 4.78 is 18.5. The molecule has 1 aliphatic rings. The van der Waals surface area contributed by atoms with E-state index in [1.54, 1.807) is 6.07 Å². The van der Waals surface area contributed by atoms with Gasteiger partial charge in [0.05, 0.1) is 12.1 Å². The van der Waals surface area contributed by atoms with Gasteiger partial charge in [0, 0.05) is 12.0 Å². The smallest absolute Gasteiger partial charge is 0.254 e. The second-order valence-electron chi connectivity index (χ2n) is 6.54. The summed E-state index contributed by atoms with van der Waals surface area (Å²) in [5, 5.41) is 3.03. The molecule has 1 aromatic heterocycles. The van der Waals surface area contributed by atoms with E-state index in [4.69, 9.17) is 10.2 Å². The Balaban J connectivity index is 1.75. The predicted octanol–water partition coefficient (Wildman–Crippen LogP) is 3.51. The van der Waals surface area contributed by atoms with Gasteiger partial charge < -0.3 is 15.5 Å². The SMILES string of the molecule is NCc1cc(C(=O)NCC2(c3ccc(F)cc3)CCCCC2)co1. The maximum Gasteiger partial charge on any atom is 0.254 e. The van der Waals surface area contributed by atoms with E-state index in [0.29, 0.717) is 17.9 Å². The van der Waals surface area contributed by atoms with E-state index in [-0.39, 0.29) is 23.7 Å². The van der Waals surface area contributed by atoms with Crippen LogP contribution in [0.1, 0.15) is 53.8 Å². The molecule has 0 aliphatic heterocycles. The van der Waals surface area contributed by atoms with E-state index in [1.807, 2.05) is 12.1 Å². The first-order chi connectivity index (χ1) is 11.6. The Morgan fingerprint density at radius 3 is 2.54 bits per heavy atom. The van der Waals surface area contributed by atoms with Crippen molar-refractivity contribution in [3.05, 3.63) is 59.3 Å². The van der Waals surface area contributed by atoms with Crippen LogP contribution >= 0.6 is 0 Å². The molecule has 1 fully saturated rings. The summed E-state index contributed by atoms with van der Waals surface area (Å²) in [5.74, 6) is 0.193. The van der Waals surface area contributed by atoms with Crippen LogP contribution in [-0.2, 0) is 12.0 Å². The third-order valence-electron chi connectivity index (χ3n) is 4.97. The van der Waals surface area contributed by atoms with Gasteiger partial charge in [-0.25, -0.2) is 4.39 Å². The van der Waals surface area contributed by atoms with Crippen LogP contribution in [0, 0.1) is 5.82 Å². The van der Waals surface area contributed by atoms with Gasteiger partial charge in [-0.15, -0.1) is 0 Å². The minimum atomic E-state index is -0.235. The quantitative estimate of drug-likeness (QED) is 0.881. The summed E-state index contributed by atoms with van der Waals surface area (Å²) in [6, 6.07) is 8.35. The van der Waals surface area contributed by atoms with Crippen LogP contribution < -0.4 is 11.1 Å². The Morgan fingerprint density at radius 2 is 1.92 bits per heavy atom.